The van der Waals surface area contributed by atoms with Gasteiger partial charge in [-0.1, -0.05) is 46.3 Å². The highest BCUT2D eigenvalue weighted by atomic mass is 79.9. The number of hydrazine groups is 1. The molecule has 0 spiro atoms. The molecule has 0 heterocycles. The van der Waals surface area contributed by atoms with E-state index >= 15 is 0 Å². The number of rotatable bonds is 4. The lowest BCUT2D eigenvalue weighted by Crippen LogP contribution is -2.43. The quantitative estimate of drug-likeness (QED) is 0.656. The Labute approximate surface area is 132 Å². The lowest BCUT2D eigenvalue weighted by Gasteiger charge is -2.23. The van der Waals surface area contributed by atoms with Crippen molar-refractivity contribution in [3.8, 4) is 0 Å². The number of hydrogen-bond donors (Lipinski definition) is 2. The number of hydrogen-bond acceptors (Lipinski definition) is 2. The Balaban J connectivity index is 1.75. The maximum atomic E-state index is 14.0. The van der Waals surface area contributed by atoms with E-state index in [1.54, 1.807) is 0 Å². The fourth-order valence-corrected chi connectivity index (χ4v) is 3.50. The summed E-state index contributed by atoms with van der Waals surface area (Å²) in [5.41, 5.74) is 6.37. The smallest absolute Gasteiger partial charge is 0.127 e. The summed E-state index contributed by atoms with van der Waals surface area (Å²) >= 11 is 3.29. The van der Waals surface area contributed by atoms with E-state index in [4.69, 9.17) is 5.84 Å². The van der Waals surface area contributed by atoms with Crippen molar-refractivity contribution in [2.75, 3.05) is 0 Å². The number of fused-ring (bicyclic) bond motifs is 1. The Hall–Kier alpha value is -1.23. The molecule has 0 aliphatic heterocycles. The van der Waals surface area contributed by atoms with Crippen molar-refractivity contribution in [2.24, 2.45) is 11.8 Å². The fraction of sp³-hybridized carbons (Fsp3) is 0.294. The van der Waals surface area contributed by atoms with E-state index in [0.29, 0.717) is 17.9 Å². The third-order valence-electron chi connectivity index (χ3n) is 4.32. The third kappa shape index (κ3) is 3.18. The van der Waals surface area contributed by atoms with Crippen LogP contribution in [0.5, 0.6) is 0 Å². The minimum Gasteiger partial charge on any atom is -0.271 e. The van der Waals surface area contributed by atoms with Crippen molar-refractivity contribution in [2.45, 2.75) is 25.3 Å². The molecule has 0 radical (unpaired) electrons. The molecule has 0 bridgehead atoms. The maximum absolute atomic E-state index is 14.0. The molecule has 1 aliphatic carbocycles. The topological polar surface area (TPSA) is 38.0 Å². The van der Waals surface area contributed by atoms with Crippen LogP contribution in [-0.4, -0.2) is 6.04 Å². The van der Waals surface area contributed by atoms with Crippen molar-refractivity contribution in [3.05, 3.63) is 69.4 Å². The first-order chi connectivity index (χ1) is 10.2. The van der Waals surface area contributed by atoms with Gasteiger partial charge in [-0.2, -0.15) is 0 Å². The Kier molecular flexibility index (Phi) is 4.38. The normalized spacial score (nSPS) is 16.0. The standard InChI is InChI=1S/C17H18BrFN2/c18-15-6-5-13(16(19)10-15)9-17(21-20)14-7-11-3-1-2-4-12(11)8-14/h1-6,10,14,17,21H,7-9,20H2. The molecule has 0 aromatic heterocycles. The van der Waals surface area contributed by atoms with Gasteiger partial charge in [-0.15, -0.1) is 0 Å². The molecule has 3 rings (SSSR count). The summed E-state index contributed by atoms with van der Waals surface area (Å²) in [4.78, 5) is 0. The molecule has 2 aromatic rings. The highest BCUT2D eigenvalue weighted by Gasteiger charge is 2.28. The largest absolute Gasteiger partial charge is 0.271 e. The summed E-state index contributed by atoms with van der Waals surface area (Å²) in [5, 5.41) is 0. The van der Waals surface area contributed by atoms with E-state index in [-0.39, 0.29) is 11.9 Å². The lowest BCUT2D eigenvalue weighted by atomic mass is 9.91. The summed E-state index contributed by atoms with van der Waals surface area (Å²) in [7, 11) is 0. The second-order valence-electron chi connectivity index (χ2n) is 5.65. The van der Waals surface area contributed by atoms with Crippen LogP contribution in [0, 0.1) is 11.7 Å². The van der Waals surface area contributed by atoms with Crippen LogP contribution in [0.1, 0.15) is 16.7 Å². The molecular formula is C17H18BrFN2. The van der Waals surface area contributed by atoms with Crippen molar-refractivity contribution < 1.29 is 4.39 Å². The van der Waals surface area contributed by atoms with Crippen LogP contribution in [-0.2, 0) is 19.3 Å². The Morgan fingerprint density at radius 1 is 1.19 bits per heavy atom. The van der Waals surface area contributed by atoms with Crippen molar-refractivity contribution in [1.82, 2.24) is 5.43 Å². The van der Waals surface area contributed by atoms with E-state index in [1.165, 1.54) is 17.2 Å². The summed E-state index contributed by atoms with van der Waals surface area (Å²) in [6.45, 7) is 0. The summed E-state index contributed by atoms with van der Waals surface area (Å²) in [6.07, 6.45) is 2.61. The highest BCUT2D eigenvalue weighted by Crippen LogP contribution is 2.30. The molecule has 0 fully saturated rings. The zero-order chi connectivity index (χ0) is 14.8. The van der Waals surface area contributed by atoms with Crippen molar-refractivity contribution in [1.29, 1.82) is 0 Å². The predicted octanol–water partition coefficient (Wildman–Crippen LogP) is 3.38. The molecule has 3 N–H and O–H groups in total. The Morgan fingerprint density at radius 2 is 1.86 bits per heavy atom. The van der Waals surface area contributed by atoms with Gasteiger partial charge in [0.15, 0.2) is 0 Å². The fourth-order valence-electron chi connectivity index (χ4n) is 3.16. The van der Waals surface area contributed by atoms with Gasteiger partial charge in [0.25, 0.3) is 0 Å². The van der Waals surface area contributed by atoms with Crippen LogP contribution in [0.15, 0.2) is 46.9 Å². The monoisotopic (exact) mass is 348 g/mol. The van der Waals surface area contributed by atoms with Crippen LogP contribution >= 0.6 is 15.9 Å². The van der Waals surface area contributed by atoms with Gasteiger partial charge >= 0.3 is 0 Å². The molecule has 0 amide bonds. The zero-order valence-electron chi connectivity index (χ0n) is 11.7. The second-order valence-corrected chi connectivity index (χ2v) is 6.57. The van der Waals surface area contributed by atoms with Crippen molar-refractivity contribution in [3.63, 3.8) is 0 Å². The van der Waals surface area contributed by atoms with Gasteiger partial charge in [0, 0.05) is 10.5 Å². The van der Waals surface area contributed by atoms with Gasteiger partial charge in [0.2, 0.25) is 0 Å². The van der Waals surface area contributed by atoms with Crippen LogP contribution < -0.4 is 11.3 Å². The Morgan fingerprint density at radius 3 is 2.43 bits per heavy atom. The van der Waals surface area contributed by atoms with Crippen LogP contribution in [0.3, 0.4) is 0 Å². The van der Waals surface area contributed by atoms with Crippen molar-refractivity contribution >= 4 is 15.9 Å². The minimum atomic E-state index is -0.180. The van der Waals surface area contributed by atoms with Crippen LogP contribution in [0.4, 0.5) is 4.39 Å². The summed E-state index contributed by atoms with van der Waals surface area (Å²) in [6, 6.07) is 13.8. The van der Waals surface area contributed by atoms with E-state index < -0.39 is 0 Å². The first-order valence-electron chi connectivity index (χ1n) is 7.14. The molecule has 1 aliphatic rings. The first kappa shape index (κ1) is 14.7. The van der Waals surface area contributed by atoms with E-state index in [2.05, 4.69) is 45.6 Å². The molecule has 0 saturated carbocycles. The molecule has 2 aromatic carbocycles. The predicted molar refractivity (Wildman–Crippen MR) is 86.3 cm³/mol. The van der Waals surface area contributed by atoms with Gasteiger partial charge < -0.3 is 0 Å². The highest BCUT2D eigenvalue weighted by molar-refractivity contribution is 9.10. The van der Waals surface area contributed by atoms with E-state index in [1.807, 2.05) is 12.1 Å². The molecule has 21 heavy (non-hydrogen) atoms. The number of benzene rings is 2. The number of nitrogens with one attached hydrogen (secondary N) is 1. The Bertz CT molecular complexity index is 619. The van der Waals surface area contributed by atoms with Gasteiger partial charge in [0.05, 0.1) is 0 Å². The number of nitrogens with two attached hydrogens (primary N) is 1. The van der Waals surface area contributed by atoms with E-state index in [0.717, 1.165) is 17.3 Å². The SMILES string of the molecule is NNC(Cc1ccc(Br)cc1F)C1Cc2ccccc2C1. The molecule has 2 nitrogen and oxygen atoms in total. The molecule has 1 atom stereocenters. The van der Waals surface area contributed by atoms with Gasteiger partial charge in [-0.3, -0.25) is 11.3 Å². The summed E-state index contributed by atoms with van der Waals surface area (Å²) < 4.78 is 14.8. The van der Waals surface area contributed by atoms with Gasteiger partial charge in [0.1, 0.15) is 5.82 Å². The minimum absolute atomic E-state index is 0.0769. The zero-order valence-corrected chi connectivity index (χ0v) is 13.2. The van der Waals surface area contributed by atoms with Gasteiger partial charge in [-0.25, -0.2) is 4.39 Å². The second kappa shape index (κ2) is 6.26. The lowest BCUT2D eigenvalue weighted by molar-refractivity contribution is 0.363. The summed E-state index contributed by atoms with van der Waals surface area (Å²) in [5.74, 6) is 5.97. The molecule has 0 saturated heterocycles. The molecule has 110 valence electrons. The molecular weight excluding hydrogens is 331 g/mol. The number of halogens is 2. The van der Waals surface area contributed by atoms with Crippen LogP contribution in [0.25, 0.3) is 0 Å². The third-order valence-corrected chi connectivity index (χ3v) is 4.81. The van der Waals surface area contributed by atoms with Crippen LogP contribution in [0.2, 0.25) is 0 Å². The van der Waals surface area contributed by atoms with Gasteiger partial charge in [-0.05, 0) is 54.0 Å². The van der Waals surface area contributed by atoms with E-state index in [9.17, 15) is 4.39 Å². The maximum Gasteiger partial charge on any atom is 0.127 e. The molecule has 4 heteroatoms. The first-order valence-corrected chi connectivity index (χ1v) is 7.93. The molecule has 1 unspecified atom stereocenters. The average Bonchev–Trinajstić information content (AvgIpc) is 2.90. The average molecular weight is 349 g/mol.